The van der Waals surface area contributed by atoms with Crippen LogP contribution in [0.15, 0.2) is 134 Å². The third kappa shape index (κ3) is 71.1. The molecule has 0 aliphatic carbocycles. The van der Waals surface area contributed by atoms with Crippen molar-refractivity contribution in [1.82, 2.24) is 0 Å². The third-order valence-corrected chi connectivity index (χ3v) is 16.0. The van der Waals surface area contributed by atoms with Crippen LogP contribution >= 0.6 is 7.82 Å². The molecule has 2 atom stereocenters. The second kappa shape index (κ2) is 71.2. The van der Waals surface area contributed by atoms with E-state index in [9.17, 15) is 19.0 Å². The summed E-state index contributed by atoms with van der Waals surface area (Å²) in [5, 5.41) is 0. The van der Waals surface area contributed by atoms with Gasteiger partial charge in [-0.2, -0.15) is 0 Å². The van der Waals surface area contributed by atoms with Crippen molar-refractivity contribution in [3.05, 3.63) is 134 Å². The maximum absolute atomic E-state index is 12.8. The van der Waals surface area contributed by atoms with Gasteiger partial charge in [0.25, 0.3) is 0 Å². The van der Waals surface area contributed by atoms with Crippen LogP contribution in [0.5, 0.6) is 0 Å². The van der Waals surface area contributed by atoms with Crippen molar-refractivity contribution in [3.8, 4) is 0 Å². The van der Waals surface area contributed by atoms with E-state index in [0.29, 0.717) is 6.42 Å². The van der Waals surface area contributed by atoms with Gasteiger partial charge in [-0.3, -0.25) is 18.6 Å². The highest BCUT2D eigenvalue weighted by atomic mass is 31.2. The molecule has 0 heterocycles. The molecular formula is C77H132NO8P. The van der Waals surface area contributed by atoms with E-state index in [1.165, 1.54) is 161 Å². The minimum Gasteiger partial charge on any atom is -0.462 e. The van der Waals surface area contributed by atoms with Gasteiger partial charge in [-0.25, -0.2) is 4.57 Å². The first-order chi connectivity index (χ1) is 42.8. The van der Waals surface area contributed by atoms with Crippen LogP contribution in [0.25, 0.3) is 0 Å². The van der Waals surface area contributed by atoms with Crippen molar-refractivity contribution in [3.63, 3.8) is 0 Å². The van der Waals surface area contributed by atoms with E-state index in [1.54, 1.807) is 0 Å². The molecule has 0 saturated heterocycles. The highest BCUT2D eigenvalue weighted by Crippen LogP contribution is 2.43. The zero-order valence-electron chi connectivity index (χ0n) is 56.0. The molecular weight excluding hydrogens is 1100 g/mol. The van der Waals surface area contributed by atoms with Gasteiger partial charge in [0.1, 0.15) is 6.61 Å². The smallest absolute Gasteiger partial charge is 0.462 e. The number of hydrogen-bond acceptors (Lipinski definition) is 8. The van der Waals surface area contributed by atoms with Crippen LogP contribution in [0.4, 0.5) is 0 Å². The molecule has 9 nitrogen and oxygen atoms in total. The fourth-order valence-corrected chi connectivity index (χ4v) is 10.6. The fraction of sp³-hybridized carbons (Fsp3) is 0.688. The van der Waals surface area contributed by atoms with E-state index in [1.807, 2.05) is 0 Å². The van der Waals surface area contributed by atoms with E-state index < -0.39 is 26.5 Å². The molecule has 10 heteroatoms. The Kier molecular flexibility index (Phi) is 68.1. The molecule has 0 rings (SSSR count). The van der Waals surface area contributed by atoms with Gasteiger partial charge < -0.3 is 20.1 Å². The molecule has 0 aliphatic rings. The molecule has 0 fully saturated rings. The highest BCUT2D eigenvalue weighted by molar-refractivity contribution is 7.47. The lowest BCUT2D eigenvalue weighted by Crippen LogP contribution is -2.29. The normalized spacial score (nSPS) is 13.7. The maximum atomic E-state index is 12.8. The minimum absolute atomic E-state index is 0.0470. The molecule has 0 aromatic heterocycles. The van der Waals surface area contributed by atoms with E-state index in [0.717, 1.165) is 116 Å². The fourth-order valence-electron chi connectivity index (χ4n) is 9.82. The van der Waals surface area contributed by atoms with Gasteiger partial charge in [0.2, 0.25) is 0 Å². The quantitative estimate of drug-likeness (QED) is 0.0264. The van der Waals surface area contributed by atoms with Crippen LogP contribution in [0.1, 0.15) is 309 Å². The van der Waals surface area contributed by atoms with Gasteiger partial charge in [-0.1, -0.05) is 334 Å². The Hall–Kier alpha value is -3.85. The van der Waals surface area contributed by atoms with Crippen molar-refractivity contribution in [2.24, 2.45) is 5.73 Å². The summed E-state index contributed by atoms with van der Waals surface area (Å²) in [7, 11) is -4.40. The average molecular weight is 1230 g/mol. The van der Waals surface area contributed by atoms with Crippen LogP contribution in [0.2, 0.25) is 0 Å². The van der Waals surface area contributed by atoms with Gasteiger partial charge in [0.15, 0.2) is 6.10 Å². The zero-order valence-corrected chi connectivity index (χ0v) is 56.9. The summed E-state index contributed by atoms with van der Waals surface area (Å²) in [5.74, 6) is -0.836. The number of esters is 2. The minimum atomic E-state index is -4.40. The first-order valence-corrected chi connectivity index (χ1v) is 37.2. The predicted octanol–water partition coefficient (Wildman–Crippen LogP) is 23.6. The van der Waals surface area contributed by atoms with Crippen molar-refractivity contribution in [2.45, 2.75) is 315 Å². The predicted molar refractivity (Wildman–Crippen MR) is 376 cm³/mol. The number of unbranched alkanes of at least 4 members (excludes halogenated alkanes) is 31. The molecule has 3 N–H and O–H groups in total. The van der Waals surface area contributed by atoms with Crippen molar-refractivity contribution < 1.29 is 37.6 Å². The van der Waals surface area contributed by atoms with Gasteiger partial charge in [0, 0.05) is 19.4 Å². The third-order valence-electron chi connectivity index (χ3n) is 15.1. The van der Waals surface area contributed by atoms with Gasteiger partial charge in [-0.15, -0.1) is 0 Å². The Morgan fingerprint density at radius 2 is 0.632 bits per heavy atom. The van der Waals surface area contributed by atoms with Crippen LogP contribution in [-0.2, 0) is 32.7 Å². The first-order valence-electron chi connectivity index (χ1n) is 35.7. The summed E-state index contributed by atoms with van der Waals surface area (Å²) in [4.78, 5) is 35.4. The standard InChI is InChI=1S/C77H132NO8P/c1-3-5-7-9-11-13-15-17-19-21-23-25-27-29-30-31-32-33-34-35-36-37-38-39-40-41-42-43-44-46-48-50-52-54-56-58-60-62-64-66-68-70-77(80)86-75(74-85-87(81,82)84-72-71-78)73-83-76(79)69-67-65-63-61-59-57-55-53-51-49-47-45-28-26-24-22-20-18-16-14-12-10-8-6-4-2/h5,7,11,13,17,19,23,25,29-30,32-33,35-36,38-39,41-42,44,46,50,52,75H,3-4,6,8-10,12,14-16,18,20-22,24,26-28,31,34,37,40,43,45,47-49,51,53-74,78H2,1-2H3,(H,81,82)/b7-5-,13-11-,19-17-,25-23-,30-29-,33-32-,36-35-,39-38-,42-41-,46-44-,52-50-. The number of carbonyl (C=O) groups excluding carboxylic acids is 2. The summed E-state index contributed by atoms with van der Waals surface area (Å²) >= 11 is 0. The molecule has 0 spiro atoms. The molecule has 498 valence electrons. The molecule has 0 amide bonds. The number of nitrogens with two attached hydrogens (primary N) is 1. The SMILES string of the molecule is CC/C=C\C/C=C\C/C=C\C/C=C\C/C=C\C/C=C\C/C=C\C/C=C\C/C=C\C/C=C\C/C=C\CCCCCCCCCC(=O)OC(COC(=O)CCCCCCCCCCCCCCCCCCCCCCCCCCC)COP(=O)(O)OCCN. The lowest BCUT2D eigenvalue weighted by molar-refractivity contribution is -0.161. The Morgan fingerprint density at radius 3 is 0.943 bits per heavy atom. The number of phosphoric ester groups is 1. The van der Waals surface area contributed by atoms with Gasteiger partial charge in [0.05, 0.1) is 13.2 Å². The summed E-state index contributed by atoms with van der Waals surface area (Å²) in [6.45, 7) is 3.65. The second-order valence-corrected chi connectivity index (χ2v) is 24.8. The lowest BCUT2D eigenvalue weighted by Gasteiger charge is -2.19. The average Bonchev–Trinajstić information content (AvgIpc) is 3.65. The number of allylic oxidation sites excluding steroid dienone is 22. The highest BCUT2D eigenvalue weighted by Gasteiger charge is 2.26. The summed E-state index contributed by atoms with van der Waals surface area (Å²) in [6, 6.07) is 0. The second-order valence-electron chi connectivity index (χ2n) is 23.4. The van der Waals surface area contributed by atoms with E-state index in [2.05, 4.69) is 148 Å². The Bertz CT molecular complexity index is 1890. The lowest BCUT2D eigenvalue weighted by atomic mass is 10.0. The maximum Gasteiger partial charge on any atom is 0.472 e. The number of rotatable bonds is 66. The molecule has 0 aliphatic heterocycles. The summed E-state index contributed by atoms with van der Waals surface area (Å²) < 4.78 is 33.2. The van der Waals surface area contributed by atoms with Crippen LogP contribution in [0.3, 0.4) is 0 Å². The van der Waals surface area contributed by atoms with E-state index in [4.69, 9.17) is 24.3 Å². The van der Waals surface area contributed by atoms with Crippen LogP contribution in [0, 0.1) is 0 Å². The Morgan fingerprint density at radius 1 is 0.356 bits per heavy atom. The number of phosphoric acid groups is 1. The topological polar surface area (TPSA) is 134 Å². The van der Waals surface area contributed by atoms with Crippen molar-refractivity contribution in [2.75, 3.05) is 26.4 Å². The molecule has 0 bridgehead atoms. The van der Waals surface area contributed by atoms with E-state index >= 15 is 0 Å². The number of ether oxygens (including phenoxy) is 2. The molecule has 2 unspecified atom stereocenters. The monoisotopic (exact) mass is 1230 g/mol. The molecule has 0 saturated carbocycles. The van der Waals surface area contributed by atoms with E-state index in [-0.39, 0.29) is 38.6 Å². The molecule has 0 radical (unpaired) electrons. The van der Waals surface area contributed by atoms with Crippen molar-refractivity contribution in [1.29, 1.82) is 0 Å². The summed E-state index contributed by atoms with van der Waals surface area (Å²) in [6.07, 6.45) is 101. The number of carbonyl (C=O) groups is 2. The molecule has 0 aromatic rings. The first kappa shape index (κ1) is 83.2. The molecule has 87 heavy (non-hydrogen) atoms. The number of hydrogen-bond donors (Lipinski definition) is 2. The van der Waals surface area contributed by atoms with Crippen molar-refractivity contribution >= 4 is 19.8 Å². The van der Waals surface area contributed by atoms with Crippen LogP contribution < -0.4 is 5.73 Å². The Labute approximate surface area is 535 Å². The summed E-state index contributed by atoms with van der Waals surface area (Å²) in [5.41, 5.74) is 5.40. The molecule has 0 aromatic carbocycles. The van der Waals surface area contributed by atoms with Gasteiger partial charge >= 0.3 is 19.8 Å². The van der Waals surface area contributed by atoms with Gasteiger partial charge in [-0.05, 0) is 96.3 Å². The zero-order chi connectivity index (χ0) is 63.0. The largest absolute Gasteiger partial charge is 0.472 e. The Balaban J connectivity index is 3.96. The van der Waals surface area contributed by atoms with Crippen LogP contribution in [-0.4, -0.2) is 49.3 Å².